The molecule has 0 bridgehead atoms. The van der Waals surface area contributed by atoms with Crippen LogP contribution in [0.1, 0.15) is 110 Å². The van der Waals surface area contributed by atoms with Crippen LogP contribution in [0, 0.1) is 0 Å². The molecule has 0 rings (SSSR count). The fraction of sp³-hybridized carbons (Fsp3) is 0.810. The molecule has 0 saturated carbocycles. The first-order chi connectivity index (χ1) is 10.4. The molecule has 0 heterocycles. The SMILES string of the molecule is C=C/C=C/CCCCCCCCCCCCCCCCC. The van der Waals surface area contributed by atoms with Crippen LogP contribution in [-0.4, -0.2) is 0 Å². The van der Waals surface area contributed by atoms with Crippen LogP contribution in [-0.2, 0) is 0 Å². The van der Waals surface area contributed by atoms with Gasteiger partial charge in [-0.25, -0.2) is 0 Å². The third kappa shape index (κ3) is 19.5. The highest BCUT2D eigenvalue weighted by atomic mass is 14.0. The van der Waals surface area contributed by atoms with E-state index in [-0.39, 0.29) is 0 Å². The molecular formula is C21H40. The van der Waals surface area contributed by atoms with Crippen LogP contribution in [0.3, 0.4) is 0 Å². The lowest BCUT2D eigenvalue weighted by Gasteiger charge is -2.03. The highest BCUT2D eigenvalue weighted by Gasteiger charge is 1.93. The normalized spacial score (nSPS) is 11.3. The maximum Gasteiger partial charge on any atom is -0.0348 e. The Kier molecular flexibility index (Phi) is 19.0. The van der Waals surface area contributed by atoms with Crippen molar-refractivity contribution in [2.75, 3.05) is 0 Å². The summed E-state index contributed by atoms with van der Waals surface area (Å²) >= 11 is 0. The van der Waals surface area contributed by atoms with E-state index in [2.05, 4.69) is 25.7 Å². The molecule has 0 atom stereocenters. The van der Waals surface area contributed by atoms with Crippen LogP contribution >= 0.6 is 0 Å². The minimum atomic E-state index is 1.23. The van der Waals surface area contributed by atoms with Crippen LogP contribution in [0.25, 0.3) is 0 Å². The first-order valence-corrected chi connectivity index (χ1v) is 9.69. The zero-order chi connectivity index (χ0) is 15.4. The van der Waals surface area contributed by atoms with Crippen LogP contribution in [0.4, 0.5) is 0 Å². The van der Waals surface area contributed by atoms with Gasteiger partial charge in [0.05, 0.1) is 0 Å². The summed E-state index contributed by atoms with van der Waals surface area (Å²) in [5, 5.41) is 0. The largest absolute Gasteiger partial charge is 0.0991 e. The van der Waals surface area contributed by atoms with E-state index < -0.39 is 0 Å². The van der Waals surface area contributed by atoms with E-state index in [1.54, 1.807) is 0 Å². The molecule has 0 aromatic carbocycles. The zero-order valence-corrected chi connectivity index (χ0v) is 14.8. The van der Waals surface area contributed by atoms with Gasteiger partial charge in [0.1, 0.15) is 0 Å². The minimum absolute atomic E-state index is 1.23. The Balaban J connectivity index is 2.96. The quantitative estimate of drug-likeness (QED) is 0.188. The maximum atomic E-state index is 3.68. The predicted octanol–water partition coefficient (Wildman–Crippen LogP) is 7.99. The second-order valence-corrected chi connectivity index (χ2v) is 6.40. The predicted molar refractivity (Wildman–Crippen MR) is 98.9 cm³/mol. The van der Waals surface area contributed by atoms with Gasteiger partial charge in [0, 0.05) is 0 Å². The number of hydrogen-bond acceptors (Lipinski definition) is 0. The molecule has 0 aliphatic carbocycles. The molecule has 0 N–H and O–H groups in total. The van der Waals surface area contributed by atoms with E-state index in [1.807, 2.05) is 6.08 Å². The van der Waals surface area contributed by atoms with Gasteiger partial charge in [-0.1, -0.05) is 122 Å². The molecule has 0 unspecified atom stereocenters. The average Bonchev–Trinajstić information content (AvgIpc) is 2.50. The molecule has 0 fully saturated rings. The number of rotatable bonds is 17. The van der Waals surface area contributed by atoms with Gasteiger partial charge in [0.2, 0.25) is 0 Å². The Labute approximate surface area is 135 Å². The molecule has 0 saturated heterocycles. The van der Waals surface area contributed by atoms with Gasteiger partial charge in [-0.2, -0.15) is 0 Å². The summed E-state index contributed by atoms with van der Waals surface area (Å²) in [6.07, 6.45) is 29.0. The smallest absolute Gasteiger partial charge is 0.0348 e. The summed E-state index contributed by atoms with van der Waals surface area (Å²) in [4.78, 5) is 0. The Morgan fingerprint density at radius 2 is 0.952 bits per heavy atom. The van der Waals surface area contributed by atoms with Crippen molar-refractivity contribution in [1.29, 1.82) is 0 Å². The van der Waals surface area contributed by atoms with Crippen molar-refractivity contribution in [3.8, 4) is 0 Å². The van der Waals surface area contributed by atoms with E-state index in [4.69, 9.17) is 0 Å². The molecule has 0 radical (unpaired) electrons. The maximum absolute atomic E-state index is 3.68. The van der Waals surface area contributed by atoms with Crippen LogP contribution in [0.15, 0.2) is 24.8 Å². The van der Waals surface area contributed by atoms with Gasteiger partial charge < -0.3 is 0 Å². The Bertz CT molecular complexity index is 214. The molecule has 124 valence electrons. The summed E-state index contributed by atoms with van der Waals surface area (Å²) in [6, 6.07) is 0. The van der Waals surface area contributed by atoms with Gasteiger partial charge >= 0.3 is 0 Å². The highest BCUT2D eigenvalue weighted by Crippen LogP contribution is 2.13. The van der Waals surface area contributed by atoms with E-state index in [1.165, 1.54) is 103 Å². The highest BCUT2D eigenvalue weighted by molar-refractivity contribution is 4.96. The summed E-state index contributed by atoms with van der Waals surface area (Å²) < 4.78 is 0. The fourth-order valence-electron chi connectivity index (χ4n) is 2.83. The van der Waals surface area contributed by atoms with Crippen LogP contribution in [0.2, 0.25) is 0 Å². The summed E-state index contributed by atoms with van der Waals surface area (Å²) in [7, 11) is 0. The lowest BCUT2D eigenvalue weighted by molar-refractivity contribution is 0.533. The molecule has 0 heteroatoms. The minimum Gasteiger partial charge on any atom is -0.0991 e. The summed E-state index contributed by atoms with van der Waals surface area (Å²) in [5.41, 5.74) is 0. The van der Waals surface area contributed by atoms with Crippen LogP contribution in [0.5, 0.6) is 0 Å². The zero-order valence-electron chi connectivity index (χ0n) is 14.8. The van der Waals surface area contributed by atoms with Gasteiger partial charge in [0.25, 0.3) is 0 Å². The average molecular weight is 293 g/mol. The van der Waals surface area contributed by atoms with Gasteiger partial charge in [-0.3, -0.25) is 0 Å². The standard InChI is InChI=1S/C21H40/c1-3-5-7-9-11-13-15-17-19-21-20-18-16-14-12-10-8-6-4-2/h3,5,7H,1,4,6,8-21H2,2H3/b7-5+. The third-order valence-corrected chi connectivity index (χ3v) is 4.25. The second kappa shape index (κ2) is 19.5. The molecule has 0 aliphatic heterocycles. The van der Waals surface area contributed by atoms with Crippen molar-refractivity contribution in [2.45, 2.75) is 110 Å². The molecule has 21 heavy (non-hydrogen) atoms. The molecule has 0 nitrogen and oxygen atoms in total. The molecule has 0 aromatic heterocycles. The number of unbranched alkanes of at least 4 members (excludes halogenated alkanes) is 15. The topological polar surface area (TPSA) is 0 Å². The van der Waals surface area contributed by atoms with Crippen molar-refractivity contribution in [3.05, 3.63) is 24.8 Å². The Hall–Kier alpha value is -0.520. The van der Waals surface area contributed by atoms with Crippen molar-refractivity contribution < 1.29 is 0 Å². The van der Waals surface area contributed by atoms with Gasteiger partial charge in [-0.05, 0) is 12.8 Å². The first kappa shape index (κ1) is 20.5. The molecular weight excluding hydrogens is 252 g/mol. The summed E-state index contributed by atoms with van der Waals surface area (Å²) in [6.45, 7) is 5.98. The number of hydrogen-bond donors (Lipinski definition) is 0. The molecule has 0 aromatic rings. The van der Waals surface area contributed by atoms with Crippen molar-refractivity contribution in [1.82, 2.24) is 0 Å². The molecule has 0 aliphatic rings. The fourth-order valence-corrected chi connectivity index (χ4v) is 2.83. The Morgan fingerprint density at radius 1 is 0.571 bits per heavy atom. The molecule has 0 spiro atoms. The lowest BCUT2D eigenvalue weighted by Crippen LogP contribution is -1.83. The van der Waals surface area contributed by atoms with Gasteiger partial charge in [-0.15, -0.1) is 0 Å². The van der Waals surface area contributed by atoms with Gasteiger partial charge in [0.15, 0.2) is 0 Å². The third-order valence-electron chi connectivity index (χ3n) is 4.25. The van der Waals surface area contributed by atoms with E-state index >= 15 is 0 Å². The molecule has 0 amide bonds. The second-order valence-electron chi connectivity index (χ2n) is 6.40. The van der Waals surface area contributed by atoms with Crippen molar-refractivity contribution in [3.63, 3.8) is 0 Å². The lowest BCUT2D eigenvalue weighted by atomic mass is 10.0. The van der Waals surface area contributed by atoms with Crippen molar-refractivity contribution in [2.24, 2.45) is 0 Å². The van der Waals surface area contributed by atoms with E-state index in [0.717, 1.165) is 0 Å². The van der Waals surface area contributed by atoms with E-state index in [9.17, 15) is 0 Å². The Morgan fingerprint density at radius 3 is 1.33 bits per heavy atom. The monoisotopic (exact) mass is 292 g/mol. The van der Waals surface area contributed by atoms with E-state index in [0.29, 0.717) is 0 Å². The first-order valence-electron chi connectivity index (χ1n) is 9.69. The summed E-state index contributed by atoms with van der Waals surface area (Å²) in [5.74, 6) is 0. The van der Waals surface area contributed by atoms with Crippen molar-refractivity contribution >= 4 is 0 Å². The number of allylic oxidation sites excluding steroid dienone is 3. The van der Waals surface area contributed by atoms with Crippen LogP contribution < -0.4 is 0 Å².